The van der Waals surface area contributed by atoms with Crippen LogP contribution < -0.4 is 5.73 Å². The number of carbonyl (C=O) groups excluding carboxylic acids is 2. The minimum atomic E-state index is -0.561. The summed E-state index contributed by atoms with van der Waals surface area (Å²) in [6.07, 6.45) is 3.89. The van der Waals surface area contributed by atoms with Crippen LogP contribution in [0.1, 0.15) is 39.5 Å². The van der Waals surface area contributed by atoms with Crippen LogP contribution in [0.3, 0.4) is 0 Å². The minimum absolute atomic E-state index is 0.0126. The molecule has 3 rings (SSSR count). The molecule has 0 fully saturated rings. The highest BCUT2D eigenvalue weighted by Crippen LogP contribution is 2.19. The Morgan fingerprint density at radius 3 is 2.77 bits per heavy atom. The molecule has 2 N–H and O–H groups in total. The molecule has 3 aromatic heterocycles. The maximum absolute atomic E-state index is 12.4. The SMILES string of the molecule is Cc1nc2c(C(N)=O)cnn2c(C)c1CCC(=O)N(C)Cc1ccco1. The number of amides is 2. The normalized spacial score (nSPS) is 11.0. The highest BCUT2D eigenvalue weighted by atomic mass is 16.3. The number of nitrogens with zero attached hydrogens (tertiary/aromatic N) is 4. The van der Waals surface area contributed by atoms with Crippen molar-refractivity contribution >= 4 is 17.5 Å². The van der Waals surface area contributed by atoms with Gasteiger partial charge in [0, 0.05) is 24.9 Å². The Hall–Kier alpha value is -3.16. The molecule has 0 saturated heterocycles. The van der Waals surface area contributed by atoms with Gasteiger partial charge in [-0.05, 0) is 38.0 Å². The van der Waals surface area contributed by atoms with Gasteiger partial charge in [0.1, 0.15) is 11.3 Å². The topological polar surface area (TPSA) is 107 Å². The van der Waals surface area contributed by atoms with Crippen molar-refractivity contribution < 1.29 is 14.0 Å². The molecule has 8 heteroatoms. The summed E-state index contributed by atoms with van der Waals surface area (Å²) in [5, 5.41) is 4.20. The molecule has 0 aromatic carbocycles. The molecule has 0 unspecified atom stereocenters. The van der Waals surface area contributed by atoms with E-state index in [0.29, 0.717) is 25.0 Å². The van der Waals surface area contributed by atoms with Gasteiger partial charge in [-0.2, -0.15) is 5.10 Å². The smallest absolute Gasteiger partial charge is 0.254 e. The molecular formula is C18H21N5O3. The summed E-state index contributed by atoms with van der Waals surface area (Å²) in [6.45, 7) is 4.19. The molecular weight excluding hydrogens is 334 g/mol. The van der Waals surface area contributed by atoms with Crippen molar-refractivity contribution in [3.8, 4) is 0 Å². The summed E-state index contributed by atoms with van der Waals surface area (Å²) in [6, 6.07) is 3.63. The Morgan fingerprint density at radius 2 is 2.12 bits per heavy atom. The van der Waals surface area contributed by atoms with E-state index in [1.165, 1.54) is 6.20 Å². The van der Waals surface area contributed by atoms with Crippen LogP contribution in [-0.2, 0) is 17.8 Å². The van der Waals surface area contributed by atoms with E-state index in [9.17, 15) is 9.59 Å². The number of aromatic nitrogens is 3. The lowest BCUT2D eigenvalue weighted by atomic mass is 10.1. The third kappa shape index (κ3) is 3.30. The zero-order chi connectivity index (χ0) is 18.8. The van der Waals surface area contributed by atoms with Gasteiger partial charge in [0.2, 0.25) is 5.91 Å². The predicted octanol–water partition coefficient (Wildman–Crippen LogP) is 1.63. The van der Waals surface area contributed by atoms with Crippen LogP contribution in [0.25, 0.3) is 5.65 Å². The average Bonchev–Trinajstić information content (AvgIpc) is 3.23. The summed E-state index contributed by atoms with van der Waals surface area (Å²) < 4.78 is 6.87. The molecule has 0 aliphatic heterocycles. The van der Waals surface area contributed by atoms with Crippen LogP contribution in [0.2, 0.25) is 0 Å². The van der Waals surface area contributed by atoms with E-state index >= 15 is 0 Å². The van der Waals surface area contributed by atoms with Crippen LogP contribution in [0, 0.1) is 13.8 Å². The maximum atomic E-state index is 12.4. The Kier molecular flexibility index (Phi) is 4.75. The summed E-state index contributed by atoms with van der Waals surface area (Å²) in [4.78, 5) is 30.0. The van der Waals surface area contributed by atoms with E-state index in [1.54, 1.807) is 28.8 Å². The van der Waals surface area contributed by atoms with E-state index in [4.69, 9.17) is 10.2 Å². The molecule has 136 valence electrons. The number of carbonyl (C=O) groups is 2. The Morgan fingerprint density at radius 1 is 1.35 bits per heavy atom. The highest BCUT2D eigenvalue weighted by molar-refractivity contribution is 5.98. The van der Waals surface area contributed by atoms with Crippen LogP contribution in [0.15, 0.2) is 29.0 Å². The number of fused-ring (bicyclic) bond motifs is 1. The van der Waals surface area contributed by atoms with Gasteiger partial charge < -0.3 is 15.1 Å². The van der Waals surface area contributed by atoms with Crippen LogP contribution >= 0.6 is 0 Å². The second kappa shape index (κ2) is 6.99. The summed E-state index contributed by atoms with van der Waals surface area (Å²) >= 11 is 0. The first kappa shape index (κ1) is 17.7. The average molecular weight is 355 g/mol. The molecule has 0 bridgehead atoms. The number of furan rings is 1. The molecule has 3 heterocycles. The van der Waals surface area contributed by atoms with Crippen LogP contribution in [-0.4, -0.2) is 38.4 Å². The first-order chi connectivity index (χ1) is 12.4. The van der Waals surface area contributed by atoms with Gasteiger partial charge in [0.25, 0.3) is 5.91 Å². The van der Waals surface area contributed by atoms with Crippen molar-refractivity contribution in [1.29, 1.82) is 0 Å². The zero-order valence-corrected chi connectivity index (χ0v) is 15.0. The predicted molar refractivity (Wildman–Crippen MR) is 94.5 cm³/mol. The lowest BCUT2D eigenvalue weighted by Gasteiger charge is -2.17. The molecule has 0 atom stereocenters. The van der Waals surface area contributed by atoms with Gasteiger partial charge in [-0.25, -0.2) is 9.50 Å². The Balaban J connectivity index is 1.76. The van der Waals surface area contributed by atoms with E-state index in [1.807, 2.05) is 19.9 Å². The van der Waals surface area contributed by atoms with E-state index < -0.39 is 5.91 Å². The minimum Gasteiger partial charge on any atom is -0.467 e. The first-order valence-corrected chi connectivity index (χ1v) is 8.28. The third-order valence-electron chi connectivity index (χ3n) is 4.46. The lowest BCUT2D eigenvalue weighted by molar-refractivity contribution is -0.130. The molecule has 0 spiro atoms. The van der Waals surface area contributed by atoms with Crippen LogP contribution in [0.5, 0.6) is 0 Å². The largest absolute Gasteiger partial charge is 0.467 e. The van der Waals surface area contributed by atoms with Gasteiger partial charge >= 0.3 is 0 Å². The van der Waals surface area contributed by atoms with Gasteiger partial charge in [0.05, 0.1) is 19.0 Å². The third-order valence-corrected chi connectivity index (χ3v) is 4.46. The fraction of sp³-hybridized carbons (Fsp3) is 0.333. The highest BCUT2D eigenvalue weighted by Gasteiger charge is 2.18. The molecule has 2 amide bonds. The van der Waals surface area contributed by atoms with Gasteiger partial charge in [-0.15, -0.1) is 0 Å². The van der Waals surface area contributed by atoms with Gasteiger partial charge in [0.15, 0.2) is 5.65 Å². The van der Waals surface area contributed by atoms with Crippen molar-refractivity contribution in [2.75, 3.05) is 7.05 Å². The number of hydrogen-bond acceptors (Lipinski definition) is 5. The number of hydrogen-bond donors (Lipinski definition) is 1. The van der Waals surface area contributed by atoms with Gasteiger partial charge in [-0.3, -0.25) is 9.59 Å². The molecule has 26 heavy (non-hydrogen) atoms. The maximum Gasteiger partial charge on any atom is 0.254 e. The summed E-state index contributed by atoms with van der Waals surface area (Å²) in [7, 11) is 1.75. The van der Waals surface area contributed by atoms with Crippen molar-refractivity contribution in [1.82, 2.24) is 19.5 Å². The summed E-state index contributed by atoms with van der Waals surface area (Å²) in [5.41, 5.74) is 8.64. The number of primary amides is 1. The second-order valence-corrected chi connectivity index (χ2v) is 6.25. The molecule has 0 saturated carbocycles. The molecule has 0 radical (unpaired) electrons. The monoisotopic (exact) mass is 355 g/mol. The van der Waals surface area contributed by atoms with Crippen molar-refractivity contribution in [2.24, 2.45) is 5.73 Å². The van der Waals surface area contributed by atoms with Crippen molar-refractivity contribution in [3.63, 3.8) is 0 Å². The Bertz CT molecular complexity index is 959. The van der Waals surface area contributed by atoms with Crippen LogP contribution in [0.4, 0.5) is 0 Å². The van der Waals surface area contributed by atoms with Crippen molar-refractivity contribution in [3.05, 3.63) is 52.9 Å². The molecule has 0 aliphatic carbocycles. The standard InChI is InChI=1S/C18H21N5O3/c1-11-14(6-7-16(24)22(3)10-13-5-4-8-26-13)12(2)23-18(21-11)15(9-20-23)17(19)25/h4-5,8-9H,6-7,10H2,1-3H3,(H2,19,25). The fourth-order valence-corrected chi connectivity index (χ4v) is 2.99. The van der Waals surface area contributed by atoms with E-state index in [2.05, 4.69) is 10.1 Å². The number of rotatable bonds is 6. The van der Waals surface area contributed by atoms with E-state index in [0.717, 1.165) is 22.7 Å². The quantitative estimate of drug-likeness (QED) is 0.723. The number of aryl methyl sites for hydroxylation is 2. The summed E-state index contributed by atoms with van der Waals surface area (Å²) in [5.74, 6) is 0.194. The molecule has 8 nitrogen and oxygen atoms in total. The zero-order valence-electron chi connectivity index (χ0n) is 15.0. The van der Waals surface area contributed by atoms with E-state index in [-0.39, 0.29) is 11.5 Å². The van der Waals surface area contributed by atoms with Gasteiger partial charge in [-0.1, -0.05) is 0 Å². The molecule has 3 aromatic rings. The Labute approximate surface area is 150 Å². The fourth-order valence-electron chi connectivity index (χ4n) is 2.99. The van der Waals surface area contributed by atoms with Crippen molar-refractivity contribution in [2.45, 2.75) is 33.2 Å². The first-order valence-electron chi connectivity index (χ1n) is 8.28. The number of nitrogens with two attached hydrogens (primary N) is 1. The lowest BCUT2D eigenvalue weighted by Crippen LogP contribution is -2.26. The second-order valence-electron chi connectivity index (χ2n) is 6.25. The molecule has 0 aliphatic rings.